The Labute approximate surface area is 70.4 Å². The van der Waals surface area contributed by atoms with Gasteiger partial charge in [-0.15, -0.1) is 11.8 Å². The predicted octanol–water partition coefficient (Wildman–Crippen LogP) is 3.23. The van der Waals surface area contributed by atoms with Crippen molar-refractivity contribution >= 4 is 0 Å². The molecule has 1 aliphatic rings. The van der Waals surface area contributed by atoms with E-state index in [9.17, 15) is 0 Å². The first-order valence-electron chi connectivity index (χ1n) is 4.80. The SMILES string of the molecule is CCC(C)C1CC#CCCC1. The van der Waals surface area contributed by atoms with E-state index >= 15 is 0 Å². The third kappa shape index (κ3) is 2.58. The van der Waals surface area contributed by atoms with Crippen LogP contribution < -0.4 is 0 Å². The molecule has 1 rings (SSSR count). The van der Waals surface area contributed by atoms with Crippen molar-refractivity contribution in [3.05, 3.63) is 0 Å². The molecule has 11 heavy (non-hydrogen) atoms. The smallest absolute Gasteiger partial charge is 0.0120 e. The van der Waals surface area contributed by atoms with Crippen LogP contribution in [0.3, 0.4) is 0 Å². The Hall–Kier alpha value is -0.440. The zero-order valence-electron chi connectivity index (χ0n) is 7.69. The van der Waals surface area contributed by atoms with Gasteiger partial charge in [0.2, 0.25) is 0 Å². The van der Waals surface area contributed by atoms with E-state index in [0.717, 1.165) is 24.7 Å². The van der Waals surface area contributed by atoms with Crippen LogP contribution in [0, 0.1) is 23.7 Å². The maximum absolute atomic E-state index is 3.26. The maximum atomic E-state index is 3.26. The van der Waals surface area contributed by atoms with Crippen LogP contribution in [0.4, 0.5) is 0 Å². The molecular weight excluding hydrogens is 132 g/mol. The van der Waals surface area contributed by atoms with Gasteiger partial charge < -0.3 is 0 Å². The van der Waals surface area contributed by atoms with E-state index in [1.165, 1.54) is 19.3 Å². The second-order valence-electron chi connectivity index (χ2n) is 3.60. The van der Waals surface area contributed by atoms with Gasteiger partial charge in [0.05, 0.1) is 0 Å². The van der Waals surface area contributed by atoms with E-state index in [1.54, 1.807) is 0 Å². The lowest BCUT2D eigenvalue weighted by Gasteiger charge is -2.19. The van der Waals surface area contributed by atoms with Crippen LogP contribution >= 0.6 is 0 Å². The van der Waals surface area contributed by atoms with Gasteiger partial charge in [-0.25, -0.2) is 0 Å². The standard InChI is InChI=1S/C11H18/c1-3-10(2)11-8-6-4-5-7-9-11/h10-11H,3-4,6,8-9H2,1-2H3. The third-order valence-electron chi connectivity index (χ3n) is 2.81. The first kappa shape index (κ1) is 8.65. The molecule has 0 nitrogen and oxygen atoms in total. The first-order chi connectivity index (χ1) is 5.34. The van der Waals surface area contributed by atoms with E-state index < -0.39 is 0 Å². The van der Waals surface area contributed by atoms with Crippen LogP contribution in [-0.4, -0.2) is 0 Å². The summed E-state index contributed by atoms with van der Waals surface area (Å²) in [4.78, 5) is 0. The summed E-state index contributed by atoms with van der Waals surface area (Å²) in [5.41, 5.74) is 0. The quantitative estimate of drug-likeness (QED) is 0.530. The molecule has 0 radical (unpaired) electrons. The molecule has 0 N–H and O–H groups in total. The summed E-state index contributed by atoms with van der Waals surface area (Å²) < 4.78 is 0. The fourth-order valence-corrected chi connectivity index (χ4v) is 1.67. The van der Waals surface area contributed by atoms with E-state index in [2.05, 4.69) is 25.7 Å². The molecule has 62 valence electrons. The van der Waals surface area contributed by atoms with Gasteiger partial charge in [-0.05, 0) is 24.7 Å². The molecule has 0 aromatic heterocycles. The minimum atomic E-state index is 0.877. The van der Waals surface area contributed by atoms with Crippen LogP contribution in [0.2, 0.25) is 0 Å². The van der Waals surface area contributed by atoms with Gasteiger partial charge in [-0.3, -0.25) is 0 Å². The highest BCUT2D eigenvalue weighted by atomic mass is 14.2. The topological polar surface area (TPSA) is 0 Å². The molecule has 0 spiro atoms. The molecule has 0 heterocycles. The zero-order chi connectivity index (χ0) is 8.10. The van der Waals surface area contributed by atoms with Crippen molar-refractivity contribution in [3.8, 4) is 11.8 Å². The Morgan fingerprint density at radius 3 is 3.00 bits per heavy atom. The fraction of sp³-hybridized carbons (Fsp3) is 0.818. The van der Waals surface area contributed by atoms with Crippen molar-refractivity contribution < 1.29 is 0 Å². The number of hydrogen-bond acceptors (Lipinski definition) is 0. The van der Waals surface area contributed by atoms with E-state index in [1.807, 2.05) is 0 Å². The largest absolute Gasteiger partial charge is 0.103 e. The average Bonchev–Trinajstić information content (AvgIpc) is 2.30. The number of hydrogen-bond donors (Lipinski definition) is 0. The lowest BCUT2D eigenvalue weighted by Crippen LogP contribution is -2.09. The molecule has 1 aliphatic carbocycles. The van der Waals surface area contributed by atoms with E-state index in [0.29, 0.717) is 0 Å². The van der Waals surface area contributed by atoms with Crippen LogP contribution in [0.15, 0.2) is 0 Å². The molecule has 0 aliphatic heterocycles. The minimum Gasteiger partial charge on any atom is -0.103 e. The molecule has 0 saturated heterocycles. The zero-order valence-corrected chi connectivity index (χ0v) is 7.69. The lowest BCUT2D eigenvalue weighted by atomic mass is 9.86. The highest BCUT2D eigenvalue weighted by Crippen LogP contribution is 2.25. The van der Waals surface area contributed by atoms with Crippen molar-refractivity contribution in [3.63, 3.8) is 0 Å². The minimum absolute atomic E-state index is 0.877. The summed E-state index contributed by atoms with van der Waals surface area (Å²) in [6, 6.07) is 0. The predicted molar refractivity (Wildman–Crippen MR) is 49.2 cm³/mol. The molecule has 2 atom stereocenters. The van der Waals surface area contributed by atoms with Gasteiger partial charge in [-0.2, -0.15) is 0 Å². The van der Waals surface area contributed by atoms with Crippen molar-refractivity contribution in [2.75, 3.05) is 0 Å². The Kier molecular flexibility index (Phi) is 3.49. The summed E-state index contributed by atoms with van der Waals surface area (Å²) in [6.45, 7) is 4.64. The van der Waals surface area contributed by atoms with Gasteiger partial charge in [0.1, 0.15) is 0 Å². The molecule has 0 aromatic carbocycles. The van der Waals surface area contributed by atoms with Crippen LogP contribution in [0.25, 0.3) is 0 Å². The van der Waals surface area contributed by atoms with Crippen molar-refractivity contribution in [2.45, 2.75) is 46.0 Å². The molecule has 0 amide bonds. The highest BCUT2D eigenvalue weighted by Gasteiger charge is 2.14. The normalized spacial score (nSPS) is 26.5. The third-order valence-corrected chi connectivity index (χ3v) is 2.81. The molecule has 0 aromatic rings. The monoisotopic (exact) mass is 150 g/mol. The Morgan fingerprint density at radius 1 is 1.45 bits per heavy atom. The van der Waals surface area contributed by atoms with Gasteiger partial charge >= 0.3 is 0 Å². The average molecular weight is 150 g/mol. The second-order valence-corrected chi connectivity index (χ2v) is 3.60. The summed E-state index contributed by atoms with van der Waals surface area (Å²) in [5.74, 6) is 8.23. The summed E-state index contributed by atoms with van der Waals surface area (Å²) in [5, 5.41) is 0. The van der Waals surface area contributed by atoms with Gasteiger partial charge in [-0.1, -0.05) is 20.3 Å². The van der Waals surface area contributed by atoms with Crippen LogP contribution in [-0.2, 0) is 0 Å². The fourth-order valence-electron chi connectivity index (χ4n) is 1.67. The number of rotatable bonds is 2. The van der Waals surface area contributed by atoms with E-state index in [4.69, 9.17) is 0 Å². The van der Waals surface area contributed by atoms with Crippen molar-refractivity contribution in [1.82, 2.24) is 0 Å². The molecule has 2 unspecified atom stereocenters. The maximum Gasteiger partial charge on any atom is 0.0120 e. The summed E-state index contributed by atoms with van der Waals surface area (Å²) >= 11 is 0. The van der Waals surface area contributed by atoms with Crippen LogP contribution in [0.5, 0.6) is 0 Å². The first-order valence-corrected chi connectivity index (χ1v) is 4.80. The Morgan fingerprint density at radius 2 is 2.27 bits per heavy atom. The van der Waals surface area contributed by atoms with Crippen LogP contribution in [0.1, 0.15) is 46.0 Å². The van der Waals surface area contributed by atoms with E-state index in [-0.39, 0.29) is 0 Å². The highest BCUT2D eigenvalue weighted by molar-refractivity contribution is 5.02. The van der Waals surface area contributed by atoms with Crippen molar-refractivity contribution in [1.29, 1.82) is 0 Å². The van der Waals surface area contributed by atoms with Gasteiger partial charge in [0.25, 0.3) is 0 Å². The molecule has 0 fully saturated rings. The van der Waals surface area contributed by atoms with Crippen molar-refractivity contribution in [2.24, 2.45) is 11.8 Å². The molecule has 0 saturated carbocycles. The summed E-state index contributed by atoms with van der Waals surface area (Å²) in [7, 11) is 0. The summed E-state index contributed by atoms with van der Waals surface area (Å²) in [6.07, 6.45) is 6.30. The van der Waals surface area contributed by atoms with Gasteiger partial charge in [0.15, 0.2) is 0 Å². The Balaban J connectivity index is 2.40. The Bertz CT molecular complexity index is 159. The molecular formula is C11H18. The van der Waals surface area contributed by atoms with Gasteiger partial charge in [0, 0.05) is 12.8 Å². The molecule has 0 bridgehead atoms. The lowest BCUT2D eigenvalue weighted by molar-refractivity contribution is 0.331. The second kappa shape index (κ2) is 4.44. The molecule has 0 heteroatoms.